The Kier molecular flexibility index (Phi) is 6.91. The Labute approximate surface area is 211 Å². The van der Waals surface area contributed by atoms with Crippen molar-refractivity contribution >= 4 is 28.9 Å². The van der Waals surface area contributed by atoms with E-state index in [1.165, 1.54) is 12.7 Å². The Bertz CT molecular complexity index is 1290. The first-order valence-electron chi connectivity index (χ1n) is 12.9. The van der Waals surface area contributed by atoms with Crippen LogP contribution >= 0.6 is 0 Å². The van der Waals surface area contributed by atoms with Gasteiger partial charge in [0.05, 0.1) is 17.9 Å². The number of hydrogen-bond acceptors (Lipinski definition) is 7. The van der Waals surface area contributed by atoms with Crippen LogP contribution in [-0.2, 0) is 11.3 Å². The van der Waals surface area contributed by atoms with E-state index in [0.717, 1.165) is 66.8 Å². The third-order valence-electron chi connectivity index (χ3n) is 7.03. The fourth-order valence-corrected chi connectivity index (χ4v) is 4.90. The highest BCUT2D eigenvalue weighted by Gasteiger charge is 2.28. The van der Waals surface area contributed by atoms with Gasteiger partial charge in [0.15, 0.2) is 5.82 Å². The number of hydrogen-bond donors (Lipinski definition) is 2. The summed E-state index contributed by atoms with van der Waals surface area (Å²) < 4.78 is 7.26. The average molecular weight is 491 g/mol. The van der Waals surface area contributed by atoms with Crippen molar-refractivity contribution in [3.8, 4) is 0 Å². The molecule has 2 N–H and O–H groups in total. The third-order valence-corrected chi connectivity index (χ3v) is 7.03. The van der Waals surface area contributed by atoms with Crippen LogP contribution in [0.4, 0.5) is 11.5 Å². The Morgan fingerprint density at radius 2 is 1.92 bits per heavy atom. The number of fused-ring (bicyclic) bond motifs is 1. The summed E-state index contributed by atoms with van der Waals surface area (Å²) >= 11 is 0. The van der Waals surface area contributed by atoms with Gasteiger partial charge in [-0.25, -0.2) is 14.3 Å². The first kappa shape index (κ1) is 24.2. The van der Waals surface area contributed by atoms with E-state index in [0.29, 0.717) is 36.1 Å². The molecule has 2 aromatic heterocycles. The quantitative estimate of drug-likeness (QED) is 0.458. The van der Waals surface area contributed by atoms with Gasteiger partial charge in [0.25, 0.3) is 5.91 Å². The van der Waals surface area contributed by atoms with Crippen LogP contribution in [0.1, 0.15) is 76.6 Å². The number of carbonyl (C=O) groups excluding carboxylic acids is 2. The summed E-state index contributed by atoms with van der Waals surface area (Å²) in [5.41, 5.74) is 5.27. The van der Waals surface area contributed by atoms with Crippen LogP contribution in [0.25, 0.3) is 5.52 Å². The molecule has 1 aliphatic carbocycles. The number of likely N-dealkylation sites (tertiary alicyclic amines) is 1. The van der Waals surface area contributed by atoms with Gasteiger partial charge in [-0.15, -0.1) is 0 Å². The number of amides is 1. The molecular weight excluding hydrogens is 456 g/mol. The van der Waals surface area contributed by atoms with Crippen LogP contribution in [0.3, 0.4) is 0 Å². The fourth-order valence-electron chi connectivity index (χ4n) is 4.90. The summed E-state index contributed by atoms with van der Waals surface area (Å²) in [6.07, 6.45) is 7.13. The monoisotopic (exact) mass is 490 g/mol. The number of aryl methyl sites for hydroxylation is 2. The van der Waals surface area contributed by atoms with Gasteiger partial charge < -0.3 is 15.4 Å². The minimum absolute atomic E-state index is 0.0688. The molecule has 9 nitrogen and oxygen atoms in total. The Hall–Kier alpha value is -3.46. The molecule has 1 saturated heterocycles. The number of carbonyl (C=O) groups is 2. The van der Waals surface area contributed by atoms with Gasteiger partial charge in [-0.1, -0.05) is 12.5 Å². The third kappa shape index (κ3) is 4.93. The lowest BCUT2D eigenvalue weighted by Gasteiger charge is -2.26. The average Bonchev–Trinajstić information content (AvgIpc) is 3.64. The van der Waals surface area contributed by atoms with Crippen LogP contribution in [0.15, 0.2) is 24.5 Å². The molecule has 1 aliphatic heterocycles. The number of benzene rings is 1. The van der Waals surface area contributed by atoms with Gasteiger partial charge in [0.1, 0.15) is 11.8 Å². The largest absolute Gasteiger partial charge is 0.462 e. The van der Waals surface area contributed by atoms with Gasteiger partial charge in [-0.2, -0.15) is 5.10 Å². The van der Waals surface area contributed by atoms with Crippen LogP contribution < -0.4 is 10.6 Å². The smallest absolute Gasteiger partial charge is 0.340 e. The van der Waals surface area contributed by atoms with Crippen LogP contribution in [0, 0.1) is 13.8 Å². The van der Waals surface area contributed by atoms with E-state index in [-0.39, 0.29) is 11.9 Å². The van der Waals surface area contributed by atoms with Crippen molar-refractivity contribution in [1.82, 2.24) is 24.8 Å². The Morgan fingerprint density at radius 3 is 2.64 bits per heavy atom. The molecule has 0 spiro atoms. The maximum Gasteiger partial charge on any atom is 0.340 e. The van der Waals surface area contributed by atoms with Crippen molar-refractivity contribution in [3.63, 3.8) is 0 Å². The highest BCUT2D eigenvalue weighted by molar-refractivity contribution is 5.98. The van der Waals surface area contributed by atoms with Gasteiger partial charge in [-0.3, -0.25) is 9.69 Å². The van der Waals surface area contributed by atoms with E-state index >= 15 is 0 Å². The molecule has 1 saturated carbocycles. The van der Waals surface area contributed by atoms with Gasteiger partial charge >= 0.3 is 5.97 Å². The number of esters is 1. The van der Waals surface area contributed by atoms with E-state index in [2.05, 4.69) is 25.6 Å². The van der Waals surface area contributed by atoms with E-state index in [9.17, 15) is 9.59 Å². The molecule has 1 aromatic carbocycles. The Morgan fingerprint density at radius 1 is 1.14 bits per heavy atom. The first-order chi connectivity index (χ1) is 17.5. The molecule has 5 rings (SSSR count). The predicted octanol–water partition coefficient (Wildman–Crippen LogP) is 4.14. The van der Waals surface area contributed by atoms with E-state index in [4.69, 9.17) is 4.74 Å². The lowest BCUT2D eigenvalue weighted by Crippen LogP contribution is -2.30. The lowest BCUT2D eigenvalue weighted by atomic mass is 10.1. The van der Waals surface area contributed by atoms with Crippen molar-refractivity contribution in [2.45, 2.75) is 65.5 Å². The summed E-state index contributed by atoms with van der Waals surface area (Å²) in [4.78, 5) is 32.6. The summed E-state index contributed by atoms with van der Waals surface area (Å²) in [5, 5.41) is 11.0. The van der Waals surface area contributed by atoms with E-state index in [1.807, 2.05) is 43.5 Å². The number of aromatic nitrogens is 3. The fraction of sp³-hybridized carbons (Fsp3) is 0.481. The number of rotatable bonds is 8. The standard InChI is InChI=1S/C27H34N6O3/c1-4-36-27(35)23-18(3)24-25(28-16-29-33(24)22(23)15-32-12-6-5-7-13-32)31-21-14-19(9-8-17(21)2)26(34)30-20-10-11-20/h8-9,14,16,20H,4-7,10-13,15H2,1-3H3,(H,30,34)(H,28,29,31). The summed E-state index contributed by atoms with van der Waals surface area (Å²) in [7, 11) is 0. The van der Waals surface area contributed by atoms with Gasteiger partial charge in [-0.05, 0) is 82.8 Å². The SMILES string of the molecule is CCOC(=O)c1c(C)c2c(Nc3cc(C(=O)NC4CC4)ccc3C)ncnn2c1CN1CCCCC1. The number of anilines is 2. The molecule has 3 aromatic rings. The first-order valence-corrected chi connectivity index (χ1v) is 12.9. The molecule has 2 aliphatic rings. The zero-order chi connectivity index (χ0) is 25.2. The highest BCUT2D eigenvalue weighted by Crippen LogP contribution is 2.31. The summed E-state index contributed by atoms with van der Waals surface area (Å²) in [6.45, 7) is 8.64. The zero-order valence-corrected chi connectivity index (χ0v) is 21.3. The zero-order valence-electron chi connectivity index (χ0n) is 21.3. The molecule has 0 radical (unpaired) electrons. The maximum atomic E-state index is 13.1. The maximum absolute atomic E-state index is 13.1. The molecule has 9 heteroatoms. The van der Waals surface area contributed by atoms with Crippen molar-refractivity contribution in [3.05, 3.63) is 52.5 Å². The van der Waals surface area contributed by atoms with Crippen LogP contribution in [0.2, 0.25) is 0 Å². The normalized spacial score (nSPS) is 16.2. The highest BCUT2D eigenvalue weighted by atomic mass is 16.5. The second kappa shape index (κ2) is 10.3. The topological polar surface area (TPSA) is 101 Å². The Balaban J connectivity index is 1.54. The summed E-state index contributed by atoms with van der Waals surface area (Å²) in [5.74, 6) is 0.176. The van der Waals surface area contributed by atoms with Crippen LogP contribution in [-0.4, -0.2) is 57.1 Å². The molecule has 3 heterocycles. The van der Waals surface area contributed by atoms with Crippen molar-refractivity contribution in [1.29, 1.82) is 0 Å². The molecule has 0 atom stereocenters. The second-order valence-electron chi connectivity index (χ2n) is 9.78. The molecule has 0 bridgehead atoms. The number of piperidine rings is 1. The number of nitrogens with zero attached hydrogens (tertiary/aromatic N) is 4. The van der Waals surface area contributed by atoms with E-state index in [1.54, 1.807) is 0 Å². The summed E-state index contributed by atoms with van der Waals surface area (Å²) in [6, 6.07) is 5.91. The van der Waals surface area contributed by atoms with Crippen LogP contribution in [0.5, 0.6) is 0 Å². The van der Waals surface area contributed by atoms with Crippen molar-refractivity contribution in [2.24, 2.45) is 0 Å². The predicted molar refractivity (Wildman–Crippen MR) is 138 cm³/mol. The molecule has 36 heavy (non-hydrogen) atoms. The molecular formula is C27H34N6O3. The minimum atomic E-state index is -0.339. The molecule has 2 fully saturated rings. The molecule has 1 amide bonds. The van der Waals surface area contributed by atoms with Gasteiger partial charge in [0, 0.05) is 23.8 Å². The van der Waals surface area contributed by atoms with Crippen molar-refractivity contribution < 1.29 is 14.3 Å². The minimum Gasteiger partial charge on any atom is -0.462 e. The molecule has 0 unspecified atom stereocenters. The second-order valence-corrected chi connectivity index (χ2v) is 9.78. The molecule has 190 valence electrons. The number of nitrogens with one attached hydrogen (secondary N) is 2. The van der Waals surface area contributed by atoms with E-state index < -0.39 is 0 Å². The number of ether oxygens (including phenoxy) is 1. The lowest BCUT2D eigenvalue weighted by molar-refractivity contribution is 0.0522. The van der Waals surface area contributed by atoms with Crippen molar-refractivity contribution in [2.75, 3.05) is 25.0 Å². The van der Waals surface area contributed by atoms with Gasteiger partial charge in [0.2, 0.25) is 0 Å².